The van der Waals surface area contributed by atoms with Crippen LogP contribution >= 0.6 is 23.2 Å². The molecule has 1 aromatic heterocycles. The van der Waals surface area contributed by atoms with Gasteiger partial charge in [0.2, 0.25) is 5.91 Å². The molecule has 0 atom stereocenters. The van der Waals surface area contributed by atoms with Gasteiger partial charge < -0.3 is 4.90 Å². The molecular weight excluding hydrogens is 345 g/mol. The van der Waals surface area contributed by atoms with Gasteiger partial charge in [0.25, 0.3) is 0 Å². The maximum atomic E-state index is 12.5. The molecule has 3 rings (SSSR count). The van der Waals surface area contributed by atoms with Crippen LogP contribution in [0, 0.1) is 0 Å². The second kappa shape index (κ2) is 7.97. The van der Waals surface area contributed by atoms with Gasteiger partial charge in [-0.1, -0.05) is 41.4 Å². The molecule has 1 aliphatic rings. The number of carbonyl (C=O) groups excluding carboxylic acids is 1. The van der Waals surface area contributed by atoms with Gasteiger partial charge in [-0.2, -0.15) is 0 Å². The largest absolute Gasteiger partial charge is 0.340 e. The van der Waals surface area contributed by atoms with Crippen molar-refractivity contribution in [1.82, 2.24) is 14.8 Å². The summed E-state index contributed by atoms with van der Waals surface area (Å²) in [5.41, 5.74) is 1.96. The van der Waals surface area contributed by atoms with Crippen LogP contribution in [0.25, 0.3) is 0 Å². The van der Waals surface area contributed by atoms with Gasteiger partial charge in [-0.25, -0.2) is 0 Å². The molecule has 24 heavy (non-hydrogen) atoms. The number of aromatic nitrogens is 1. The summed E-state index contributed by atoms with van der Waals surface area (Å²) in [5, 5.41) is 1.34. The van der Waals surface area contributed by atoms with E-state index in [4.69, 9.17) is 23.2 Å². The van der Waals surface area contributed by atoms with Crippen LogP contribution in [0.4, 0.5) is 0 Å². The highest BCUT2D eigenvalue weighted by Crippen LogP contribution is 2.18. The Kier molecular flexibility index (Phi) is 5.72. The van der Waals surface area contributed by atoms with Crippen LogP contribution in [0.15, 0.2) is 42.7 Å². The SMILES string of the molecule is O=C(Cc1ccccc1Cl)N1CCN(Cc2ccncc2Cl)CC1. The number of carbonyl (C=O) groups is 1. The topological polar surface area (TPSA) is 36.4 Å². The predicted octanol–water partition coefficient (Wildman–Crippen LogP) is 3.28. The molecule has 2 heterocycles. The van der Waals surface area contributed by atoms with Crippen molar-refractivity contribution in [2.75, 3.05) is 26.2 Å². The van der Waals surface area contributed by atoms with Gasteiger partial charge in [0.15, 0.2) is 0 Å². The van der Waals surface area contributed by atoms with Gasteiger partial charge in [-0.05, 0) is 23.3 Å². The first-order valence-corrected chi connectivity index (χ1v) is 8.71. The first-order chi connectivity index (χ1) is 11.6. The summed E-state index contributed by atoms with van der Waals surface area (Å²) in [5.74, 6) is 0.129. The maximum Gasteiger partial charge on any atom is 0.227 e. The van der Waals surface area contributed by atoms with E-state index in [0.29, 0.717) is 16.5 Å². The monoisotopic (exact) mass is 363 g/mol. The zero-order chi connectivity index (χ0) is 16.9. The molecule has 0 unspecified atom stereocenters. The van der Waals surface area contributed by atoms with Crippen LogP contribution in [-0.2, 0) is 17.8 Å². The van der Waals surface area contributed by atoms with E-state index in [-0.39, 0.29) is 5.91 Å². The minimum absolute atomic E-state index is 0.129. The Morgan fingerprint density at radius 3 is 2.46 bits per heavy atom. The normalized spacial score (nSPS) is 15.5. The average molecular weight is 364 g/mol. The van der Waals surface area contributed by atoms with Crippen LogP contribution in [0.2, 0.25) is 10.0 Å². The van der Waals surface area contributed by atoms with Gasteiger partial charge in [0.05, 0.1) is 11.4 Å². The number of benzene rings is 1. The minimum atomic E-state index is 0.129. The predicted molar refractivity (Wildman–Crippen MR) is 96.3 cm³/mol. The third-order valence-electron chi connectivity index (χ3n) is 4.27. The Morgan fingerprint density at radius 1 is 1.00 bits per heavy atom. The van der Waals surface area contributed by atoms with E-state index < -0.39 is 0 Å². The number of hydrogen-bond acceptors (Lipinski definition) is 3. The number of amides is 1. The van der Waals surface area contributed by atoms with Crippen molar-refractivity contribution in [3.63, 3.8) is 0 Å². The standard InChI is InChI=1S/C18H19Cl2N3O/c19-16-4-2-1-3-14(16)11-18(24)23-9-7-22(8-10-23)13-15-5-6-21-12-17(15)20/h1-6,12H,7-11,13H2. The Labute approximate surface area is 152 Å². The second-order valence-electron chi connectivity index (χ2n) is 5.89. The van der Waals surface area contributed by atoms with Crippen LogP contribution in [0.5, 0.6) is 0 Å². The number of halogens is 2. The van der Waals surface area contributed by atoms with Gasteiger partial charge in [-0.3, -0.25) is 14.7 Å². The number of pyridine rings is 1. The quantitative estimate of drug-likeness (QED) is 0.836. The number of hydrogen-bond donors (Lipinski definition) is 0. The molecule has 0 saturated carbocycles. The molecule has 4 nitrogen and oxygen atoms in total. The third kappa shape index (κ3) is 4.26. The highest BCUT2D eigenvalue weighted by molar-refractivity contribution is 6.31. The van der Waals surface area contributed by atoms with E-state index in [1.54, 1.807) is 12.4 Å². The van der Waals surface area contributed by atoms with Crippen LogP contribution in [0.1, 0.15) is 11.1 Å². The summed E-state index contributed by atoms with van der Waals surface area (Å²) < 4.78 is 0. The molecule has 126 valence electrons. The molecule has 0 aliphatic carbocycles. The van der Waals surface area contributed by atoms with Gasteiger partial charge in [0.1, 0.15) is 0 Å². The Morgan fingerprint density at radius 2 is 1.75 bits per heavy atom. The van der Waals surface area contributed by atoms with E-state index >= 15 is 0 Å². The smallest absolute Gasteiger partial charge is 0.227 e. The number of rotatable bonds is 4. The Hall–Kier alpha value is -1.62. The maximum absolute atomic E-state index is 12.5. The second-order valence-corrected chi connectivity index (χ2v) is 6.71. The third-order valence-corrected chi connectivity index (χ3v) is 4.98. The molecule has 0 spiro atoms. The summed E-state index contributed by atoms with van der Waals surface area (Å²) >= 11 is 12.3. The van der Waals surface area contributed by atoms with Crippen LogP contribution in [-0.4, -0.2) is 46.9 Å². The first kappa shape index (κ1) is 17.2. The van der Waals surface area contributed by atoms with Crippen molar-refractivity contribution >= 4 is 29.1 Å². The minimum Gasteiger partial charge on any atom is -0.340 e. The zero-order valence-corrected chi connectivity index (χ0v) is 14.8. The number of piperazine rings is 1. The molecule has 2 aromatic rings. The molecule has 1 fully saturated rings. The summed E-state index contributed by atoms with van der Waals surface area (Å²) in [6.07, 6.45) is 3.78. The molecule has 1 aliphatic heterocycles. The summed E-state index contributed by atoms with van der Waals surface area (Å²) in [6, 6.07) is 9.45. The van der Waals surface area contributed by atoms with E-state index in [0.717, 1.165) is 43.9 Å². The fourth-order valence-corrected chi connectivity index (χ4v) is 3.23. The van der Waals surface area contributed by atoms with Crippen molar-refractivity contribution in [2.45, 2.75) is 13.0 Å². The Bertz CT molecular complexity index is 715. The van der Waals surface area contributed by atoms with Gasteiger partial charge in [0, 0.05) is 50.1 Å². The van der Waals surface area contributed by atoms with E-state index in [1.807, 2.05) is 35.2 Å². The van der Waals surface area contributed by atoms with E-state index in [1.165, 1.54) is 0 Å². The van der Waals surface area contributed by atoms with Crippen molar-refractivity contribution in [2.24, 2.45) is 0 Å². The fraction of sp³-hybridized carbons (Fsp3) is 0.333. The summed E-state index contributed by atoms with van der Waals surface area (Å²) in [6.45, 7) is 3.92. The zero-order valence-electron chi connectivity index (χ0n) is 13.3. The lowest BCUT2D eigenvalue weighted by molar-refractivity contribution is -0.132. The molecule has 6 heteroatoms. The van der Waals surface area contributed by atoms with E-state index in [2.05, 4.69) is 9.88 Å². The van der Waals surface area contributed by atoms with Gasteiger partial charge in [-0.15, -0.1) is 0 Å². The molecule has 0 bridgehead atoms. The van der Waals surface area contributed by atoms with E-state index in [9.17, 15) is 4.79 Å². The molecule has 0 N–H and O–H groups in total. The first-order valence-electron chi connectivity index (χ1n) is 7.95. The highest BCUT2D eigenvalue weighted by atomic mass is 35.5. The molecular formula is C18H19Cl2N3O. The van der Waals surface area contributed by atoms with Crippen LogP contribution in [0.3, 0.4) is 0 Å². The van der Waals surface area contributed by atoms with Crippen molar-refractivity contribution < 1.29 is 4.79 Å². The van der Waals surface area contributed by atoms with Gasteiger partial charge >= 0.3 is 0 Å². The highest BCUT2D eigenvalue weighted by Gasteiger charge is 2.22. The lowest BCUT2D eigenvalue weighted by atomic mass is 10.1. The van der Waals surface area contributed by atoms with Crippen molar-refractivity contribution in [3.05, 3.63) is 63.9 Å². The van der Waals surface area contributed by atoms with Crippen molar-refractivity contribution in [3.8, 4) is 0 Å². The number of nitrogens with zero attached hydrogens (tertiary/aromatic N) is 3. The lowest BCUT2D eigenvalue weighted by Crippen LogP contribution is -2.48. The van der Waals surface area contributed by atoms with Crippen LogP contribution < -0.4 is 0 Å². The van der Waals surface area contributed by atoms with Crippen molar-refractivity contribution in [1.29, 1.82) is 0 Å². The Balaban J connectivity index is 1.52. The molecule has 0 radical (unpaired) electrons. The lowest BCUT2D eigenvalue weighted by Gasteiger charge is -2.35. The molecule has 1 amide bonds. The molecule has 1 saturated heterocycles. The summed E-state index contributed by atoms with van der Waals surface area (Å²) in [7, 11) is 0. The molecule has 1 aromatic carbocycles. The average Bonchev–Trinajstić information content (AvgIpc) is 2.59. The summed E-state index contributed by atoms with van der Waals surface area (Å²) in [4.78, 5) is 20.7. The fourth-order valence-electron chi connectivity index (χ4n) is 2.85.